The molecular formula is C13H17FN2O3. The second-order valence-electron chi connectivity index (χ2n) is 4.15. The number of amides is 1. The van der Waals surface area contributed by atoms with E-state index in [0.717, 1.165) is 5.56 Å². The van der Waals surface area contributed by atoms with E-state index in [9.17, 15) is 14.0 Å². The Bertz CT molecular complexity index is 434. The number of esters is 1. The second kappa shape index (κ2) is 7.48. The molecule has 1 aromatic rings. The molecule has 104 valence electrons. The van der Waals surface area contributed by atoms with Crippen LogP contribution in [0.2, 0.25) is 0 Å². The van der Waals surface area contributed by atoms with Gasteiger partial charge >= 0.3 is 5.97 Å². The van der Waals surface area contributed by atoms with E-state index < -0.39 is 5.97 Å². The Hall–Kier alpha value is -1.95. The lowest BCUT2D eigenvalue weighted by molar-refractivity contribution is -0.141. The quantitative estimate of drug-likeness (QED) is 0.765. The summed E-state index contributed by atoms with van der Waals surface area (Å²) >= 11 is 0. The highest BCUT2D eigenvalue weighted by molar-refractivity contribution is 5.79. The Kier molecular flexibility index (Phi) is 5.95. The van der Waals surface area contributed by atoms with Crippen molar-refractivity contribution in [1.82, 2.24) is 10.2 Å². The Morgan fingerprint density at radius 3 is 2.47 bits per heavy atom. The largest absolute Gasteiger partial charge is 0.468 e. The normalized spacial score (nSPS) is 10.3. The van der Waals surface area contributed by atoms with Gasteiger partial charge in [0.05, 0.1) is 20.2 Å². The maximum Gasteiger partial charge on any atom is 0.319 e. The molecule has 0 aliphatic rings. The predicted octanol–water partition coefficient (Wildman–Crippen LogP) is 0.547. The molecule has 1 rings (SSSR count). The molecule has 1 aromatic carbocycles. The van der Waals surface area contributed by atoms with Crippen LogP contribution in [0.25, 0.3) is 0 Å². The Morgan fingerprint density at radius 1 is 1.26 bits per heavy atom. The molecule has 0 atom stereocenters. The van der Waals surface area contributed by atoms with E-state index in [-0.39, 0.29) is 24.8 Å². The average Bonchev–Trinajstić information content (AvgIpc) is 2.37. The molecule has 0 fully saturated rings. The number of rotatable bonds is 6. The minimum Gasteiger partial charge on any atom is -0.468 e. The highest BCUT2D eigenvalue weighted by Crippen LogP contribution is 2.01. The van der Waals surface area contributed by atoms with Gasteiger partial charge in [0.15, 0.2) is 0 Å². The fourth-order valence-electron chi connectivity index (χ4n) is 1.44. The second-order valence-corrected chi connectivity index (χ2v) is 4.15. The summed E-state index contributed by atoms with van der Waals surface area (Å²) in [5, 5.41) is 2.69. The Morgan fingerprint density at radius 2 is 1.89 bits per heavy atom. The van der Waals surface area contributed by atoms with Crippen molar-refractivity contribution >= 4 is 11.9 Å². The summed E-state index contributed by atoms with van der Waals surface area (Å²) in [6.45, 7) is 0.474. The molecule has 0 spiro atoms. The molecule has 0 bridgehead atoms. The van der Waals surface area contributed by atoms with E-state index in [1.54, 1.807) is 24.1 Å². The highest BCUT2D eigenvalue weighted by atomic mass is 19.1. The summed E-state index contributed by atoms with van der Waals surface area (Å²) in [7, 11) is 2.94. The third-order valence-corrected chi connectivity index (χ3v) is 2.44. The van der Waals surface area contributed by atoms with Crippen molar-refractivity contribution in [2.45, 2.75) is 6.54 Å². The standard InChI is InChI=1S/C13H17FN2O3/c1-16(9-13(18)19-2)8-12(17)15-7-10-3-5-11(14)6-4-10/h3-6H,7-9H2,1-2H3,(H,15,17). The smallest absolute Gasteiger partial charge is 0.319 e. The van der Waals surface area contributed by atoms with E-state index in [1.165, 1.54) is 19.2 Å². The van der Waals surface area contributed by atoms with E-state index in [2.05, 4.69) is 10.1 Å². The molecule has 0 aliphatic heterocycles. The number of ether oxygens (including phenoxy) is 1. The first-order valence-electron chi connectivity index (χ1n) is 5.77. The fraction of sp³-hybridized carbons (Fsp3) is 0.385. The minimum absolute atomic E-state index is 0.0560. The highest BCUT2D eigenvalue weighted by Gasteiger charge is 2.10. The van der Waals surface area contributed by atoms with Gasteiger partial charge in [-0.25, -0.2) is 4.39 Å². The molecule has 0 saturated carbocycles. The van der Waals surface area contributed by atoms with Crippen LogP contribution in [0.3, 0.4) is 0 Å². The van der Waals surface area contributed by atoms with Crippen molar-refractivity contribution < 1.29 is 18.7 Å². The van der Waals surface area contributed by atoms with Crippen LogP contribution in [0.4, 0.5) is 4.39 Å². The Balaban J connectivity index is 2.31. The molecule has 0 aromatic heterocycles. The molecule has 0 aliphatic carbocycles. The molecule has 0 unspecified atom stereocenters. The number of halogens is 1. The van der Waals surface area contributed by atoms with Gasteiger partial charge in [0.2, 0.25) is 5.91 Å². The van der Waals surface area contributed by atoms with Gasteiger partial charge in [-0.2, -0.15) is 0 Å². The van der Waals surface area contributed by atoms with Crippen LogP contribution in [0, 0.1) is 5.82 Å². The molecule has 6 heteroatoms. The number of hydrogen-bond acceptors (Lipinski definition) is 4. The molecule has 1 N–H and O–H groups in total. The first-order chi connectivity index (χ1) is 9.01. The Labute approximate surface area is 111 Å². The third-order valence-electron chi connectivity index (χ3n) is 2.44. The molecule has 0 saturated heterocycles. The van der Waals surface area contributed by atoms with E-state index in [1.807, 2.05) is 0 Å². The number of nitrogens with zero attached hydrogens (tertiary/aromatic N) is 1. The number of nitrogens with one attached hydrogen (secondary N) is 1. The zero-order valence-corrected chi connectivity index (χ0v) is 11.0. The lowest BCUT2D eigenvalue weighted by atomic mass is 10.2. The van der Waals surface area contributed by atoms with Crippen LogP contribution in [0.1, 0.15) is 5.56 Å². The number of methoxy groups -OCH3 is 1. The van der Waals surface area contributed by atoms with Gasteiger partial charge in [-0.3, -0.25) is 14.5 Å². The first-order valence-corrected chi connectivity index (χ1v) is 5.77. The molecule has 0 heterocycles. The summed E-state index contributed by atoms with van der Waals surface area (Å²) < 4.78 is 17.2. The van der Waals surface area contributed by atoms with Crippen molar-refractivity contribution in [2.75, 3.05) is 27.2 Å². The van der Waals surface area contributed by atoms with Gasteiger partial charge in [-0.1, -0.05) is 12.1 Å². The SMILES string of the molecule is COC(=O)CN(C)CC(=O)NCc1ccc(F)cc1. The topological polar surface area (TPSA) is 58.6 Å². The molecule has 5 nitrogen and oxygen atoms in total. The monoisotopic (exact) mass is 268 g/mol. The van der Waals surface area contributed by atoms with Crippen LogP contribution < -0.4 is 5.32 Å². The van der Waals surface area contributed by atoms with Crippen LogP contribution >= 0.6 is 0 Å². The summed E-state index contributed by atoms with van der Waals surface area (Å²) in [4.78, 5) is 24.1. The van der Waals surface area contributed by atoms with Crippen molar-refractivity contribution in [3.05, 3.63) is 35.6 Å². The zero-order valence-electron chi connectivity index (χ0n) is 11.0. The summed E-state index contributed by atoms with van der Waals surface area (Å²) in [6, 6.07) is 5.89. The zero-order chi connectivity index (χ0) is 14.3. The number of hydrogen-bond donors (Lipinski definition) is 1. The average molecular weight is 268 g/mol. The lowest BCUT2D eigenvalue weighted by Gasteiger charge is -2.14. The maximum atomic E-state index is 12.7. The summed E-state index contributed by atoms with van der Waals surface area (Å²) in [5.41, 5.74) is 0.811. The van der Waals surface area contributed by atoms with E-state index in [0.29, 0.717) is 6.54 Å². The number of benzene rings is 1. The van der Waals surface area contributed by atoms with Gasteiger partial charge in [0, 0.05) is 6.54 Å². The lowest BCUT2D eigenvalue weighted by Crippen LogP contribution is -2.37. The van der Waals surface area contributed by atoms with E-state index in [4.69, 9.17) is 0 Å². The van der Waals surface area contributed by atoms with Crippen LogP contribution in [-0.4, -0.2) is 44.0 Å². The fourth-order valence-corrected chi connectivity index (χ4v) is 1.44. The van der Waals surface area contributed by atoms with Crippen LogP contribution in [0.5, 0.6) is 0 Å². The van der Waals surface area contributed by atoms with Gasteiger partial charge in [-0.05, 0) is 24.7 Å². The van der Waals surface area contributed by atoms with Crippen molar-refractivity contribution in [2.24, 2.45) is 0 Å². The van der Waals surface area contributed by atoms with Gasteiger partial charge in [0.1, 0.15) is 5.82 Å². The minimum atomic E-state index is -0.395. The third kappa shape index (κ3) is 5.96. The van der Waals surface area contributed by atoms with Gasteiger partial charge in [0.25, 0.3) is 0 Å². The molecular weight excluding hydrogens is 251 g/mol. The van der Waals surface area contributed by atoms with Gasteiger partial charge in [-0.15, -0.1) is 0 Å². The summed E-state index contributed by atoms with van der Waals surface area (Å²) in [5.74, 6) is -0.919. The van der Waals surface area contributed by atoms with Crippen LogP contribution in [0.15, 0.2) is 24.3 Å². The van der Waals surface area contributed by atoms with Crippen molar-refractivity contribution in [3.8, 4) is 0 Å². The predicted molar refractivity (Wildman–Crippen MR) is 67.8 cm³/mol. The molecule has 1 amide bonds. The van der Waals surface area contributed by atoms with Gasteiger partial charge < -0.3 is 10.1 Å². The van der Waals surface area contributed by atoms with E-state index >= 15 is 0 Å². The van der Waals surface area contributed by atoms with Crippen LogP contribution in [-0.2, 0) is 20.9 Å². The number of carbonyl (C=O) groups is 2. The summed E-state index contributed by atoms with van der Waals surface area (Å²) in [6.07, 6.45) is 0. The number of carbonyl (C=O) groups excluding carboxylic acids is 2. The molecule has 0 radical (unpaired) electrons. The number of likely N-dealkylation sites (N-methyl/N-ethyl adjacent to an activating group) is 1. The molecule has 19 heavy (non-hydrogen) atoms. The maximum absolute atomic E-state index is 12.7. The van der Waals surface area contributed by atoms with Crippen molar-refractivity contribution in [1.29, 1.82) is 0 Å². The van der Waals surface area contributed by atoms with Crippen molar-refractivity contribution in [3.63, 3.8) is 0 Å². The first kappa shape index (κ1) is 15.1.